The fourth-order valence-corrected chi connectivity index (χ4v) is 2.74. The molecule has 1 N–H and O–H groups in total. The van der Waals surface area contributed by atoms with Crippen molar-refractivity contribution in [2.24, 2.45) is 11.8 Å². The SMILES string of the molecule is Cc1cnc(C(=O)OCC(=O)N[C@@H]2CCC[C@@H](C)[C@@H]2C)cn1. The van der Waals surface area contributed by atoms with E-state index in [1.807, 2.05) is 0 Å². The van der Waals surface area contributed by atoms with Crippen molar-refractivity contribution in [3.8, 4) is 0 Å². The molecule has 6 nitrogen and oxygen atoms in total. The molecule has 0 bridgehead atoms. The normalized spacial score (nSPS) is 24.6. The van der Waals surface area contributed by atoms with E-state index in [1.54, 1.807) is 6.92 Å². The molecule has 120 valence electrons. The van der Waals surface area contributed by atoms with Crippen LogP contribution in [0, 0.1) is 18.8 Å². The minimum Gasteiger partial charge on any atom is -0.451 e. The molecular formula is C16H23N3O3. The van der Waals surface area contributed by atoms with Crippen LogP contribution in [0.1, 0.15) is 49.3 Å². The number of aryl methyl sites for hydroxylation is 1. The zero-order chi connectivity index (χ0) is 16.1. The van der Waals surface area contributed by atoms with Crippen molar-refractivity contribution >= 4 is 11.9 Å². The number of hydrogen-bond acceptors (Lipinski definition) is 5. The Balaban J connectivity index is 1.80. The van der Waals surface area contributed by atoms with Gasteiger partial charge in [0.15, 0.2) is 12.3 Å². The van der Waals surface area contributed by atoms with Crippen LogP contribution in [0.5, 0.6) is 0 Å². The van der Waals surface area contributed by atoms with E-state index in [0.29, 0.717) is 11.8 Å². The van der Waals surface area contributed by atoms with Crippen LogP contribution in [-0.2, 0) is 9.53 Å². The number of nitrogens with one attached hydrogen (secondary N) is 1. The first-order valence-electron chi connectivity index (χ1n) is 7.72. The van der Waals surface area contributed by atoms with Crippen molar-refractivity contribution in [3.05, 3.63) is 23.8 Å². The topological polar surface area (TPSA) is 81.2 Å². The second-order valence-electron chi connectivity index (χ2n) is 6.06. The summed E-state index contributed by atoms with van der Waals surface area (Å²) in [4.78, 5) is 31.6. The largest absolute Gasteiger partial charge is 0.451 e. The van der Waals surface area contributed by atoms with Gasteiger partial charge < -0.3 is 10.1 Å². The molecule has 1 heterocycles. The van der Waals surface area contributed by atoms with Crippen LogP contribution in [0.4, 0.5) is 0 Å². The molecule has 0 radical (unpaired) electrons. The van der Waals surface area contributed by atoms with Crippen LogP contribution < -0.4 is 5.32 Å². The maximum Gasteiger partial charge on any atom is 0.359 e. The van der Waals surface area contributed by atoms with Crippen molar-refractivity contribution in [2.45, 2.75) is 46.1 Å². The molecule has 0 spiro atoms. The van der Waals surface area contributed by atoms with E-state index in [2.05, 4.69) is 29.1 Å². The molecule has 6 heteroatoms. The Labute approximate surface area is 130 Å². The van der Waals surface area contributed by atoms with E-state index in [-0.39, 0.29) is 24.2 Å². The number of carbonyl (C=O) groups excluding carboxylic acids is 2. The van der Waals surface area contributed by atoms with Crippen molar-refractivity contribution in [3.63, 3.8) is 0 Å². The van der Waals surface area contributed by atoms with Gasteiger partial charge in [-0.1, -0.05) is 26.7 Å². The van der Waals surface area contributed by atoms with Gasteiger partial charge in [0.2, 0.25) is 0 Å². The summed E-state index contributed by atoms with van der Waals surface area (Å²) >= 11 is 0. The summed E-state index contributed by atoms with van der Waals surface area (Å²) in [5.41, 5.74) is 0.827. The monoisotopic (exact) mass is 305 g/mol. The van der Waals surface area contributed by atoms with E-state index in [1.165, 1.54) is 18.8 Å². The summed E-state index contributed by atoms with van der Waals surface area (Å²) in [6.07, 6.45) is 6.14. The Hall–Kier alpha value is -1.98. The fourth-order valence-electron chi connectivity index (χ4n) is 2.74. The van der Waals surface area contributed by atoms with Gasteiger partial charge in [0, 0.05) is 12.2 Å². The van der Waals surface area contributed by atoms with Gasteiger partial charge in [-0.3, -0.25) is 9.78 Å². The average molecular weight is 305 g/mol. The third-order valence-electron chi connectivity index (χ3n) is 4.38. The standard InChI is InChI=1S/C16H23N3O3/c1-10-5-4-6-13(12(10)3)19-15(20)9-22-16(21)14-8-17-11(2)7-18-14/h7-8,10,12-13H,4-6,9H2,1-3H3,(H,19,20)/t10-,12+,13-/m1/s1. The van der Waals surface area contributed by atoms with E-state index in [4.69, 9.17) is 4.74 Å². The number of nitrogens with zero attached hydrogens (tertiary/aromatic N) is 2. The van der Waals surface area contributed by atoms with Crippen molar-refractivity contribution < 1.29 is 14.3 Å². The molecular weight excluding hydrogens is 282 g/mol. The summed E-state index contributed by atoms with van der Waals surface area (Å²) < 4.78 is 4.98. The lowest BCUT2D eigenvalue weighted by Crippen LogP contribution is -2.45. The van der Waals surface area contributed by atoms with Crippen molar-refractivity contribution in [1.82, 2.24) is 15.3 Å². The smallest absolute Gasteiger partial charge is 0.359 e. The van der Waals surface area contributed by atoms with E-state index in [9.17, 15) is 9.59 Å². The lowest BCUT2D eigenvalue weighted by molar-refractivity contribution is -0.125. The summed E-state index contributed by atoms with van der Waals surface area (Å²) in [6, 6.07) is 0.161. The van der Waals surface area contributed by atoms with Crippen molar-refractivity contribution in [1.29, 1.82) is 0 Å². The van der Waals surface area contributed by atoms with Crippen LogP contribution in [-0.4, -0.2) is 34.5 Å². The highest BCUT2D eigenvalue weighted by Gasteiger charge is 2.28. The number of esters is 1. The number of amides is 1. The molecule has 22 heavy (non-hydrogen) atoms. The minimum atomic E-state index is -0.632. The first-order chi connectivity index (χ1) is 10.5. The summed E-state index contributed by atoms with van der Waals surface area (Å²) in [5, 5.41) is 2.96. The van der Waals surface area contributed by atoms with Crippen LogP contribution in [0.25, 0.3) is 0 Å². The summed E-state index contributed by atoms with van der Waals surface area (Å²) in [6.45, 7) is 5.86. The number of ether oxygens (including phenoxy) is 1. The summed E-state index contributed by atoms with van der Waals surface area (Å²) in [5.74, 6) is 0.146. The third kappa shape index (κ3) is 4.26. The molecule has 0 saturated heterocycles. The van der Waals surface area contributed by atoms with E-state index >= 15 is 0 Å². The van der Waals surface area contributed by atoms with Crippen LogP contribution >= 0.6 is 0 Å². The Kier molecular flexibility index (Phi) is 5.46. The highest BCUT2D eigenvalue weighted by molar-refractivity contribution is 5.89. The molecule has 1 fully saturated rings. The molecule has 0 unspecified atom stereocenters. The van der Waals surface area contributed by atoms with Crippen LogP contribution in [0.15, 0.2) is 12.4 Å². The van der Waals surface area contributed by atoms with Gasteiger partial charge in [-0.25, -0.2) is 9.78 Å². The van der Waals surface area contributed by atoms with Gasteiger partial charge in [0.1, 0.15) is 0 Å². The van der Waals surface area contributed by atoms with E-state index in [0.717, 1.165) is 18.5 Å². The quantitative estimate of drug-likeness (QED) is 0.859. The molecule has 1 amide bonds. The predicted octanol–water partition coefficient (Wildman–Crippen LogP) is 1.88. The molecule has 0 aromatic carbocycles. The fraction of sp³-hybridized carbons (Fsp3) is 0.625. The Morgan fingerprint density at radius 3 is 2.73 bits per heavy atom. The second kappa shape index (κ2) is 7.33. The number of hydrogen-bond donors (Lipinski definition) is 1. The minimum absolute atomic E-state index is 0.109. The molecule has 0 aliphatic heterocycles. The number of rotatable bonds is 4. The number of aromatic nitrogens is 2. The summed E-state index contributed by atoms with van der Waals surface area (Å²) in [7, 11) is 0. The molecule has 3 atom stereocenters. The number of carbonyl (C=O) groups is 2. The van der Waals surface area contributed by atoms with Gasteiger partial charge >= 0.3 is 5.97 Å². The Morgan fingerprint density at radius 1 is 1.27 bits per heavy atom. The lowest BCUT2D eigenvalue weighted by Gasteiger charge is -2.34. The maximum absolute atomic E-state index is 11.9. The molecule has 1 aliphatic rings. The van der Waals surface area contributed by atoms with E-state index < -0.39 is 5.97 Å². The van der Waals surface area contributed by atoms with Gasteiger partial charge in [0.25, 0.3) is 5.91 Å². The molecule has 1 aliphatic carbocycles. The molecule has 2 rings (SSSR count). The second-order valence-corrected chi connectivity index (χ2v) is 6.06. The lowest BCUT2D eigenvalue weighted by atomic mass is 9.78. The zero-order valence-corrected chi connectivity index (χ0v) is 13.3. The first kappa shape index (κ1) is 16.4. The zero-order valence-electron chi connectivity index (χ0n) is 13.3. The predicted molar refractivity (Wildman–Crippen MR) is 81.2 cm³/mol. The Morgan fingerprint density at radius 2 is 2.05 bits per heavy atom. The average Bonchev–Trinajstić information content (AvgIpc) is 2.50. The van der Waals surface area contributed by atoms with Crippen molar-refractivity contribution in [2.75, 3.05) is 6.61 Å². The van der Waals surface area contributed by atoms with Gasteiger partial charge in [0.05, 0.1) is 11.9 Å². The van der Waals surface area contributed by atoms with Gasteiger partial charge in [-0.05, 0) is 25.2 Å². The Bertz CT molecular complexity index is 530. The van der Waals surface area contributed by atoms with Gasteiger partial charge in [-0.15, -0.1) is 0 Å². The highest BCUT2D eigenvalue weighted by Crippen LogP contribution is 2.29. The molecule has 1 saturated carbocycles. The third-order valence-corrected chi connectivity index (χ3v) is 4.38. The van der Waals surface area contributed by atoms with Gasteiger partial charge in [-0.2, -0.15) is 0 Å². The van der Waals surface area contributed by atoms with Crippen LogP contribution in [0.2, 0.25) is 0 Å². The van der Waals surface area contributed by atoms with Crippen LogP contribution in [0.3, 0.4) is 0 Å². The highest BCUT2D eigenvalue weighted by atomic mass is 16.5. The first-order valence-corrected chi connectivity index (χ1v) is 7.72. The molecule has 1 aromatic heterocycles. The maximum atomic E-state index is 11.9. The molecule has 1 aromatic rings.